The number of amides is 1. The highest BCUT2D eigenvalue weighted by molar-refractivity contribution is 5.98. The Morgan fingerprint density at radius 2 is 1.86 bits per heavy atom. The Bertz CT molecular complexity index is 806. The maximum absolute atomic E-state index is 13.1. The van der Waals surface area contributed by atoms with Crippen LogP contribution in [0.1, 0.15) is 30.1 Å². The van der Waals surface area contributed by atoms with E-state index in [9.17, 15) is 14.7 Å². The van der Waals surface area contributed by atoms with Gasteiger partial charge in [-0.25, -0.2) is 4.79 Å². The molecule has 2 aliphatic rings. The quantitative estimate of drug-likeness (QED) is 0.756. The minimum Gasteiger partial charge on any atom is -0.493 e. The molecule has 0 aromatic heterocycles. The molecule has 1 amide bonds. The van der Waals surface area contributed by atoms with E-state index in [1.54, 1.807) is 12.1 Å². The summed E-state index contributed by atoms with van der Waals surface area (Å²) in [5.41, 5.74) is 0.312. The second-order valence-corrected chi connectivity index (χ2v) is 7.48. The second-order valence-electron chi connectivity index (χ2n) is 7.48. The van der Waals surface area contributed by atoms with Gasteiger partial charge in [-0.2, -0.15) is 0 Å². The predicted octanol–water partition coefficient (Wildman–Crippen LogP) is 3.15. The molecule has 7 heteroatoms. The molecule has 3 atom stereocenters. The Morgan fingerprint density at radius 3 is 2.41 bits per heavy atom. The Labute approximate surface area is 170 Å². The van der Waals surface area contributed by atoms with E-state index in [2.05, 4.69) is 12.2 Å². The summed E-state index contributed by atoms with van der Waals surface area (Å²) >= 11 is 0. The summed E-state index contributed by atoms with van der Waals surface area (Å²) in [6.07, 6.45) is 9.49. The first-order chi connectivity index (χ1) is 13.9. The summed E-state index contributed by atoms with van der Waals surface area (Å²) < 4.78 is 16.9. The van der Waals surface area contributed by atoms with Crippen LogP contribution in [0.5, 0.6) is 17.2 Å². The van der Waals surface area contributed by atoms with Gasteiger partial charge >= 0.3 is 5.97 Å². The highest BCUT2D eigenvalue weighted by atomic mass is 16.5. The Morgan fingerprint density at radius 1 is 1.17 bits per heavy atom. The van der Waals surface area contributed by atoms with Crippen molar-refractivity contribution in [1.29, 1.82) is 0 Å². The van der Waals surface area contributed by atoms with Crippen molar-refractivity contribution >= 4 is 11.9 Å². The lowest BCUT2D eigenvalue weighted by Crippen LogP contribution is -2.40. The number of carbonyl (C=O) groups is 2. The van der Waals surface area contributed by atoms with E-state index in [0.29, 0.717) is 42.4 Å². The zero-order valence-corrected chi connectivity index (χ0v) is 17.0. The third kappa shape index (κ3) is 4.55. The Kier molecular flexibility index (Phi) is 6.46. The highest BCUT2D eigenvalue weighted by Crippen LogP contribution is 2.40. The number of rotatable bonds is 7. The number of carbonyl (C=O) groups excluding carboxylic acids is 1. The SMILES string of the molecule is COc1cc(C(=O)N2C[C@@H](C)CC2C(=O)O)cc(OC)c1OCC1C=CC=CC1. The van der Waals surface area contributed by atoms with Crippen LogP contribution >= 0.6 is 0 Å². The summed E-state index contributed by atoms with van der Waals surface area (Å²) in [6.45, 7) is 2.79. The van der Waals surface area contributed by atoms with Crippen LogP contribution in [0.15, 0.2) is 36.4 Å². The second kappa shape index (κ2) is 9.03. The van der Waals surface area contributed by atoms with E-state index in [-0.39, 0.29) is 17.7 Å². The van der Waals surface area contributed by atoms with Gasteiger partial charge in [0.25, 0.3) is 5.91 Å². The highest BCUT2D eigenvalue weighted by Gasteiger charge is 2.38. The van der Waals surface area contributed by atoms with Crippen molar-refractivity contribution in [2.45, 2.75) is 25.8 Å². The fourth-order valence-corrected chi connectivity index (χ4v) is 3.76. The van der Waals surface area contributed by atoms with Crippen LogP contribution in [0, 0.1) is 11.8 Å². The molecule has 3 rings (SSSR count). The number of allylic oxidation sites excluding steroid dienone is 3. The molecule has 0 bridgehead atoms. The number of methoxy groups -OCH3 is 2. The smallest absolute Gasteiger partial charge is 0.326 e. The van der Waals surface area contributed by atoms with Crippen LogP contribution in [-0.2, 0) is 4.79 Å². The predicted molar refractivity (Wildman–Crippen MR) is 108 cm³/mol. The number of carboxylic acids is 1. The molecular weight excluding hydrogens is 374 g/mol. The lowest BCUT2D eigenvalue weighted by Gasteiger charge is -2.23. The molecular formula is C22H27NO6. The first kappa shape index (κ1) is 20.8. The third-order valence-electron chi connectivity index (χ3n) is 5.27. The zero-order valence-electron chi connectivity index (χ0n) is 17.0. The summed E-state index contributed by atoms with van der Waals surface area (Å²) in [7, 11) is 2.99. The molecule has 1 N–H and O–H groups in total. The number of hydrogen-bond acceptors (Lipinski definition) is 5. The van der Waals surface area contributed by atoms with Crippen molar-refractivity contribution in [2.24, 2.45) is 11.8 Å². The minimum absolute atomic E-state index is 0.129. The van der Waals surface area contributed by atoms with Crippen molar-refractivity contribution in [3.8, 4) is 17.2 Å². The summed E-state index contributed by atoms with van der Waals surface area (Å²) in [5.74, 6) is 0.215. The van der Waals surface area contributed by atoms with Crippen LogP contribution in [-0.4, -0.2) is 55.3 Å². The number of carboxylic acid groups (broad SMARTS) is 1. The van der Waals surface area contributed by atoms with E-state index in [0.717, 1.165) is 6.42 Å². The normalized spacial score (nSPS) is 23.1. The summed E-state index contributed by atoms with van der Waals surface area (Å²) in [6, 6.07) is 2.34. The molecule has 1 fully saturated rings. The van der Waals surface area contributed by atoms with E-state index >= 15 is 0 Å². The lowest BCUT2D eigenvalue weighted by molar-refractivity contribution is -0.141. The van der Waals surface area contributed by atoms with Gasteiger partial charge in [0.15, 0.2) is 11.5 Å². The van der Waals surface area contributed by atoms with E-state index in [4.69, 9.17) is 14.2 Å². The molecule has 1 heterocycles. The number of benzene rings is 1. The average Bonchev–Trinajstić information content (AvgIpc) is 3.13. The maximum Gasteiger partial charge on any atom is 0.326 e. The zero-order chi connectivity index (χ0) is 21.0. The molecule has 1 aliphatic heterocycles. The monoisotopic (exact) mass is 401 g/mol. The average molecular weight is 401 g/mol. The fourth-order valence-electron chi connectivity index (χ4n) is 3.76. The molecule has 0 radical (unpaired) electrons. The molecule has 156 valence electrons. The molecule has 0 saturated carbocycles. The fraction of sp³-hybridized carbons (Fsp3) is 0.455. The minimum atomic E-state index is -0.990. The summed E-state index contributed by atoms with van der Waals surface area (Å²) in [4.78, 5) is 26.0. The van der Waals surface area contributed by atoms with E-state index in [1.165, 1.54) is 19.1 Å². The van der Waals surface area contributed by atoms with Gasteiger partial charge in [-0.1, -0.05) is 31.2 Å². The molecule has 0 spiro atoms. The molecule has 2 unspecified atom stereocenters. The Balaban J connectivity index is 1.85. The van der Waals surface area contributed by atoms with Gasteiger partial charge in [-0.3, -0.25) is 4.79 Å². The van der Waals surface area contributed by atoms with Gasteiger partial charge in [0.1, 0.15) is 6.04 Å². The third-order valence-corrected chi connectivity index (χ3v) is 5.27. The van der Waals surface area contributed by atoms with Crippen molar-refractivity contribution in [2.75, 3.05) is 27.4 Å². The van der Waals surface area contributed by atoms with E-state index in [1.807, 2.05) is 19.1 Å². The van der Waals surface area contributed by atoms with Crippen LogP contribution in [0.3, 0.4) is 0 Å². The first-order valence-electron chi connectivity index (χ1n) is 9.70. The first-order valence-corrected chi connectivity index (χ1v) is 9.70. The largest absolute Gasteiger partial charge is 0.493 e. The lowest BCUT2D eigenvalue weighted by atomic mass is 10.0. The topological polar surface area (TPSA) is 85.3 Å². The number of nitrogens with zero attached hydrogens (tertiary/aromatic N) is 1. The van der Waals surface area contributed by atoms with Gasteiger partial charge in [0.2, 0.25) is 5.75 Å². The molecule has 7 nitrogen and oxygen atoms in total. The van der Waals surface area contributed by atoms with Gasteiger partial charge in [0.05, 0.1) is 20.8 Å². The maximum atomic E-state index is 13.1. The van der Waals surface area contributed by atoms with Crippen LogP contribution < -0.4 is 14.2 Å². The van der Waals surface area contributed by atoms with Crippen LogP contribution in [0.25, 0.3) is 0 Å². The van der Waals surface area contributed by atoms with E-state index < -0.39 is 12.0 Å². The molecule has 1 saturated heterocycles. The Hall–Kier alpha value is -2.96. The van der Waals surface area contributed by atoms with Crippen LogP contribution in [0.2, 0.25) is 0 Å². The van der Waals surface area contributed by atoms with Crippen molar-refractivity contribution in [1.82, 2.24) is 4.90 Å². The van der Waals surface area contributed by atoms with Gasteiger partial charge in [0, 0.05) is 18.0 Å². The standard InChI is InChI=1S/C22H27NO6/c1-14-9-17(22(25)26)23(12-14)21(24)16-10-18(27-2)20(19(11-16)28-3)29-13-15-7-5-4-6-8-15/h4-7,10-11,14-15,17H,8-9,12-13H2,1-3H3,(H,25,26)/t14-,15?,17?/m0/s1. The van der Waals surface area contributed by atoms with Gasteiger partial charge in [-0.05, 0) is 30.9 Å². The molecule has 1 aromatic carbocycles. The van der Waals surface area contributed by atoms with Gasteiger partial charge < -0.3 is 24.2 Å². The molecule has 1 aromatic rings. The molecule has 29 heavy (non-hydrogen) atoms. The van der Waals surface area contributed by atoms with Crippen molar-refractivity contribution < 1.29 is 28.9 Å². The summed E-state index contributed by atoms with van der Waals surface area (Å²) in [5, 5.41) is 9.46. The number of likely N-dealkylation sites (tertiary alicyclic amines) is 1. The number of ether oxygens (including phenoxy) is 3. The van der Waals surface area contributed by atoms with Crippen LogP contribution in [0.4, 0.5) is 0 Å². The molecule has 1 aliphatic carbocycles. The number of hydrogen-bond donors (Lipinski definition) is 1. The van der Waals surface area contributed by atoms with Crippen molar-refractivity contribution in [3.05, 3.63) is 42.0 Å². The van der Waals surface area contributed by atoms with Crippen molar-refractivity contribution in [3.63, 3.8) is 0 Å². The number of aliphatic carboxylic acids is 1. The van der Waals surface area contributed by atoms with Gasteiger partial charge in [-0.15, -0.1) is 0 Å².